The molecule has 2 rings (SSSR count). The molecule has 0 bridgehead atoms. The zero-order valence-electron chi connectivity index (χ0n) is 15.9. The number of carbonyl (C=O) groups is 3. The highest BCUT2D eigenvalue weighted by molar-refractivity contribution is 6.00. The first-order valence-corrected chi connectivity index (χ1v) is 8.72. The number of ketones is 1. The summed E-state index contributed by atoms with van der Waals surface area (Å²) >= 11 is 0. The highest BCUT2D eigenvalue weighted by Crippen LogP contribution is 2.14. The molecule has 0 heterocycles. The lowest BCUT2D eigenvalue weighted by molar-refractivity contribution is -0.384. The number of hydrogen-bond acceptors (Lipinski definition) is 7. The maximum Gasteiger partial charge on any atom is 0.308 e. The van der Waals surface area contributed by atoms with E-state index in [0.717, 1.165) is 0 Å². The molecule has 0 aliphatic carbocycles. The Morgan fingerprint density at radius 3 is 2.17 bits per heavy atom. The Hall–Kier alpha value is -3.75. The summed E-state index contributed by atoms with van der Waals surface area (Å²) in [5.74, 6) is -0.857. The Balaban J connectivity index is 1.78. The first kappa shape index (κ1) is 21.5. The van der Waals surface area contributed by atoms with Crippen LogP contribution in [0, 0.1) is 10.1 Å². The molecule has 29 heavy (non-hydrogen) atoms. The van der Waals surface area contributed by atoms with Crippen LogP contribution in [0.3, 0.4) is 0 Å². The molecular weight excluding hydrogens is 380 g/mol. The molecule has 0 spiro atoms. The van der Waals surface area contributed by atoms with E-state index in [9.17, 15) is 24.5 Å². The predicted molar refractivity (Wildman–Crippen MR) is 103 cm³/mol. The lowest BCUT2D eigenvalue weighted by atomic mass is 10.1. The number of rotatable bonds is 9. The summed E-state index contributed by atoms with van der Waals surface area (Å²) in [6.07, 6.45) is -1.10. The van der Waals surface area contributed by atoms with Gasteiger partial charge in [0.05, 0.1) is 18.5 Å². The van der Waals surface area contributed by atoms with Crippen molar-refractivity contribution in [2.24, 2.45) is 0 Å². The third-order valence-electron chi connectivity index (χ3n) is 4.01. The number of Topliss-reactive ketones (excluding diaryl/α,β-unsaturated/α-hetero) is 1. The molecular formula is C20H20N2O7. The topological polar surface area (TPSA) is 125 Å². The molecule has 1 amide bonds. The van der Waals surface area contributed by atoms with Crippen molar-refractivity contribution in [1.29, 1.82) is 0 Å². The summed E-state index contributed by atoms with van der Waals surface area (Å²) in [6.45, 7) is 1.47. The molecule has 2 aromatic carbocycles. The Labute approximate surface area is 166 Å². The van der Waals surface area contributed by atoms with Gasteiger partial charge in [-0.3, -0.25) is 24.5 Å². The lowest BCUT2D eigenvalue weighted by Gasteiger charge is -2.13. The van der Waals surface area contributed by atoms with Gasteiger partial charge >= 0.3 is 5.97 Å². The first-order chi connectivity index (χ1) is 13.8. The Kier molecular flexibility index (Phi) is 7.41. The maximum absolute atomic E-state index is 12.3. The molecule has 9 heteroatoms. The van der Waals surface area contributed by atoms with Gasteiger partial charge in [0, 0.05) is 29.8 Å². The Bertz CT molecular complexity index is 892. The molecule has 152 valence electrons. The number of non-ortho nitro benzene ring substituents is 1. The Morgan fingerprint density at radius 2 is 1.62 bits per heavy atom. The number of benzene rings is 2. The molecule has 0 aliphatic rings. The van der Waals surface area contributed by atoms with Gasteiger partial charge in [-0.25, -0.2) is 0 Å². The molecule has 0 saturated carbocycles. The third-order valence-corrected chi connectivity index (χ3v) is 4.01. The zero-order valence-corrected chi connectivity index (χ0v) is 15.9. The normalized spacial score (nSPS) is 11.2. The fourth-order valence-corrected chi connectivity index (χ4v) is 2.41. The zero-order chi connectivity index (χ0) is 21.4. The fraction of sp³-hybridized carbons (Fsp3) is 0.250. The average Bonchev–Trinajstić information content (AvgIpc) is 2.73. The summed E-state index contributed by atoms with van der Waals surface area (Å²) in [5.41, 5.74) is 0.491. The largest absolute Gasteiger partial charge is 0.497 e. The van der Waals surface area contributed by atoms with Crippen molar-refractivity contribution in [2.45, 2.75) is 19.4 Å². The molecule has 0 radical (unpaired) electrons. The summed E-state index contributed by atoms with van der Waals surface area (Å²) in [4.78, 5) is 46.2. The highest BCUT2D eigenvalue weighted by Gasteiger charge is 2.19. The average molecular weight is 400 g/mol. The first-order valence-electron chi connectivity index (χ1n) is 8.72. The van der Waals surface area contributed by atoms with Gasteiger partial charge in [0.2, 0.25) is 5.78 Å². The smallest absolute Gasteiger partial charge is 0.308 e. The maximum atomic E-state index is 12.3. The van der Waals surface area contributed by atoms with Crippen LogP contribution in [0.15, 0.2) is 48.5 Å². The minimum Gasteiger partial charge on any atom is -0.497 e. The number of methoxy groups -OCH3 is 1. The quantitative estimate of drug-likeness (QED) is 0.297. The van der Waals surface area contributed by atoms with Crippen molar-refractivity contribution < 1.29 is 28.8 Å². The fourth-order valence-electron chi connectivity index (χ4n) is 2.41. The molecule has 1 atom stereocenters. The van der Waals surface area contributed by atoms with Crippen LogP contribution in [0.1, 0.15) is 34.1 Å². The van der Waals surface area contributed by atoms with Crippen LogP contribution in [0.25, 0.3) is 0 Å². The number of nitrogens with zero attached hydrogens (tertiary/aromatic N) is 1. The van der Waals surface area contributed by atoms with Gasteiger partial charge in [-0.15, -0.1) is 0 Å². The van der Waals surface area contributed by atoms with E-state index in [4.69, 9.17) is 9.47 Å². The van der Waals surface area contributed by atoms with Gasteiger partial charge in [0.15, 0.2) is 6.10 Å². The molecule has 0 unspecified atom stereocenters. The standard InChI is InChI=1S/C20H20N2O7/c1-13(19(24)14-5-9-17(28-2)10-6-14)29-18(23)11-12-21-20(25)15-3-7-16(8-4-15)22(26)27/h3-10,13H,11-12H2,1-2H3,(H,21,25)/t13-/m1/s1. The molecule has 0 aromatic heterocycles. The summed E-state index contributed by atoms with van der Waals surface area (Å²) in [5, 5.41) is 13.1. The number of ether oxygens (including phenoxy) is 2. The van der Waals surface area contributed by atoms with Crippen molar-refractivity contribution in [3.8, 4) is 5.75 Å². The Morgan fingerprint density at radius 1 is 1.03 bits per heavy atom. The van der Waals surface area contributed by atoms with E-state index >= 15 is 0 Å². The van der Waals surface area contributed by atoms with Gasteiger partial charge in [-0.1, -0.05) is 0 Å². The van der Waals surface area contributed by atoms with E-state index in [1.54, 1.807) is 24.3 Å². The number of hydrogen-bond donors (Lipinski definition) is 1. The number of nitro groups is 1. The van der Waals surface area contributed by atoms with Crippen molar-refractivity contribution in [2.75, 3.05) is 13.7 Å². The van der Waals surface area contributed by atoms with Gasteiger partial charge in [-0.2, -0.15) is 0 Å². The van der Waals surface area contributed by atoms with Crippen LogP contribution in [0.4, 0.5) is 5.69 Å². The number of esters is 1. The van der Waals surface area contributed by atoms with E-state index in [1.807, 2.05) is 0 Å². The van der Waals surface area contributed by atoms with Crippen molar-refractivity contribution in [3.05, 3.63) is 69.8 Å². The third kappa shape index (κ3) is 6.13. The molecule has 0 fully saturated rings. The van der Waals surface area contributed by atoms with Crippen molar-refractivity contribution in [3.63, 3.8) is 0 Å². The molecule has 0 saturated heterocycles. The summed E-state index contributed by atoms with van der Waals surface area (Å²) in [6, 6.07) is 11.5. The van der Waals surface area contributed by atoms with E-state index in [2.05, 4.69) is 5.32 Å². The van der Waals surface area contributed by atoms with E-state index in [-0.39, 0.29) is 30.0 Å². The van der Waals surface area contributed by atoms with E-state index in [0.29, 0.717) is 11.3 Å². The monoisotopic (exact) mass is 400 g/mol. The van der Waals surface area contributed by atoms with Gasteiger partial charge < -0.3 is 14.8 Å². The van der Waals surface area contributed by atoms with Crippen LogP contribution >= 0.6 is 0 Å². The van der Waals surface area contributed by atoms with E-state index in [1.165, 1.54) is 38.3 Å². The minimum atomic E-state index is -0.971. The van der Waals surface area contributed by atoms with Crippen LogP contribution in [0.2, 0.25) is 0 Å². The number of carbonyl (C=O) groups excluding carboxylic acids is 3. The number of amides is 1. The second kappa shape index (κ2) is 9.98. The van der Waals surface area contributed by atoms with Crippen LogP contribution in [-0.2, 0) is 9.53 Å². The van der Waals surface area contributed by atoms with Crippen LogP contribution < -0.4 is 10.1 Å². The second-order valence-corrected chi connectivity index (χ2v) is 6.03. The summed E-state index contributed by atoms with van der Waals surface area (Å²) < 4.78 is 10.1. The van der Waals surface area contributed by atoms with Crippen molar-refractivity contribution in [1.82, 2.24) is 5.32 Å². The van der Waals surface area contributed by atoms with Crippen molar-refractivity contribution >= 4 is 23.3 Å². The summed E-state index contributed by atoms with van der Waals surface area (Å²) in [7, 11) is 1.52. The highest BCUT2D eigenvalue weighted by atomic mass is 16.6. The molecule has 1 N–H and O–H groups in total. The van der Waals surface area contributed by atoms with Gasteiger partial charge in [-0.05, 0) is 43.3 Å². The number of nitro benzene ring substituents is 1. The predicted octanol–water partition coefficient (Wildman–Crippen LogP) is 2.54. The van der Waals surface area contributed by atoms with Crippen LogP contribution in [-0.4, -0.2) is 42.3 Å². The molecule has 2 aromatic rings. The van der Waals surface area contributed by atoms with Gasteiger partial charge in [0.25, 0.3) is 11.6 Å². The van der Waals surface area contributed by atoms with E-state index < -0.39 is 22.9 Å². The van der Waals surface area contributed by atoms with Crippen LogP contribution in [0.5, 0.6) is 5.75 Å². The SMILES string of the molecule is COc1ccc(C(=O)[C@@H](C)OC(=O)CCNC(=O)c2ccc([N+](=O)[O-])cc2)cc1. The molecule has 0 aliphatic heterocycles. The number of nitrogens with one attached hydrogen (secondary N) is 1. The molecule has 9 nitrogen and oxygen atoms in total. The van der Waals surface area contributed by atoms with Gasteiger partial charge in [0.1, 0.15) is 5.75 Å². The lowest BCUT2D eigenvalue weighted by Crippen LogP contribution is -2.29. The minimum absolute atomic E-state index is 0.00188. The second-order valence-electron chi connectivity index (χ2n) is 6.03.